The van der Waals surface area contributed by atoms with Crippen molar-refractivity contribution in [2.45, 2.75) is 25.3 Å². The van der Waals surface area contributed by atoms with Gasteiger partial charge in [0.25, 0.3) is 5.91 Å². The second kappa shape index (κ2) is 5.69. The lowest BCUT2D eigenvalue weighted by molar-refractivity contribution is -0.137. The average Bonchev–Trinajstić information content (AvgIpc) is 3.16. The summed E-state index contributed by atoms with van der Waals surface area (Å²) in [6.07, 6.45) is 1.66. The first-order valence-corrected chi connectivity index (χ1v) is 6.76. The maximum Gasteiger partial charge on any atom is 0.305 e. The van der Waals surface area contributed by atoms with E-state index in [1.807, 2.05) is 0 Å². The summed E-state index contributed by atoms with van der Waals surface area (Å²) in [5.41, 5.74) is 0.248. The molecule has 1 saturated carbocycles. The minimum absolute atomic E-state index is 0.0959. The third-order valence-corrected chi connectivity index (χ3v) is 3.62. The Balaban J connectivity index is 2.14. The molecular weight excluding hydrogens is 317 g/mol. The molecule has 0 aliphatic heterocycles. The Kier molecular flexibility index (Phi) is 4.19. The fourth-order valence-corrected chi connectivity index (χ4v) is 2.09. The molecule has 1 aliphatic rings. The molecule has 0 radical (unpaired) electrons. The lowest BCUT2D eigenvalue weighted by Gasteiger charge is -2.21. The summed E-state index contributed by atoms with van der Waals surface area (Å²) in [5.74, 6) is -1.75. The number of halogens is 2. The second-order valence-corrected chi connectivity index (χ2v) is 5.36. The number of carboxylic acid groups (broad SMARTS) is 1. The Morgan fingerprint density at radius 2 is 2.11 bits per heavy atom. The average molecular weight is 330 g/mol. The summed E-state index contributed by atoms with van der Waals surface area (Å²) in [7, 11) is 0. The van der Waals surface area contributed by atoms with Crippen molar-refractivity contribution in [3.8, 4) is 0 Å². The maximum absolute atomic E-state index is 13.4. The SMILES string of the molecule is O=C(O)CCN(C(=O)c1ccc(Br)c(F)c1)C1CC1. The lowest BCUT2D eigenvalue weighted by atomic mass is 10.2. The zero-order valence-corrected chi connectivity index (χ0v) is 11.7. The largest absolute Gasteiger partial charge is 0.481 e. The predicted octanol–water partition coefficient (Wildman–Crippen LogP) is 2.67. The number of hydrogen-bond acceptors (Lipinski definition) is 2. The van der Waals surface area contributed by atoms with Gasteiger partial charge < -0.3 is 10.0 Å². The van der Waals surface area contributed by atoms with Crippen LogP contribution in [-0.2, 0) is 4.79 Å². The van der Waals surface area contributed by atoms with Crippen molar-refractivity contribution in [2.75, 3.05) is 6.54 Å². The molecule has 1 aromatic carbocycles. The topological polar surface area (TPSA) is 57.6 Å². The van der Waals surface area contributed by atoms with Crippen LogP contribution in [0, 0.1) is 5.82 Å². The van der Waals surface area contributed by atoms with Crippen LogP contribution in [0.1, 0.15) is 29.6 Å². The first kappa shape index (κ1) is 14.0. The van der Waals surface area contributed by atoms with E-state index in [1.165, 1.54) is 23.1 Å². The van der Waals surface area contributed by atoms with Crippen molar-refractivity contribution in [2.24, 2.45) is 0 Å². The van der Waals surface area contributed by atoms with Crippen molar-refractivity contribution >= 4 is 27.8 Å². The van der Waals surface area contributed by atoms with E-state index in [2.05, 4.69) is 15.9 Å². The van der Waals surface area contributed by atoms with Crippen LogP contribution in [0.25, 0.3) is 0 Å². The molecule has 102 valence electrons. The number of nitrogens with zero attached hydrogens (tertiary/aromatic N) is 1. The quantitative estimate of drug-likeness (QED) is 0.903. The summed E-state index contributed by atoms with van der Waals surface area (Å²) >= 11 is 3.03. The van der Waals surface area contributed by atoms with Crippen molar-refractivity contribution < 1.29 is 19.1 Å². The highest BCUT2D eigenvalue weighted by Gasteiger charge is 2.33. The van der Waals surface area contributed by atoms with Gasteiger partial charge in [0.2, 0.25) is 0 Å². The molecule has 2 rings (SSSR count). The van der Waals surface area contributed by atoms with E-state index in [9.17, 15) is 14.0 Å². The van der Waals surface area contributed by atoms with Crippen LogP contribution in [0.3, 0.4) is 0 Å². The van der Waals surface area contributed by atoms with Crippen LogP contribution in [0.15, 0.2) is 22.7 Å². The Labute approximate surface area is 118 Å². The first-order chi connectivity index (χ1) is 8.99. The van der Waals surface area contributed by atoms with Gasteiger partial charge in [-0.1, -0.05) is 0 Å². The molecule has 0 unspecified atom stereocenters. The zero-order valence-electron chi connectivity index (χ0n) is 10.1. The zero-order chi connectivity index (χ0) is 14.0. The third-order valence-electron chi connectivity index (χ3n) is 2.98. The second-order valence-electron chi connectivity index (χ2n) is 4.50. The molecule has 0 saturated heterocycles. The molecule has 19 heavy (non-hydrogen) atoms. The van der Waals surface area contributed by atoms with Crippen LogP contribution < -0.4 is 0 Å². The van der Waals surface area contributed by atoms with E-state index in [1.54, 1.807) is 0 Å². The van der Waals surface area contributed by atoms with E-state index in [0.717, 1.165) is 12.8 Å². The molecule has 0 heterocycles. The minimum atomic E-state index is -0.944. The molecule has 1 amide bonds. The Morgan fingerprint density at radius 1 is 1.42 bits per heavy atom. The van der Waals surface area contributed by atoms with Crippen LogP contribution >= 0.6 is 15.9 Å². The van der Waals surface area contributed by atoms with E-state index >= 15 is 0 Å². The van der Waals surface area contributed by atoms with Crippen molar-refractivity contribution in [3.63, 3.8) is 0 Å². The number of carboxylic acids is 1. The molecule has 4 nitrogen and oxygen atoms in total. The van der Waals surface area contributed by atoms with Crippen molar-refractivity contribution in [3.05, 3.63) is 34.1 Å². The molecule has 0 spiro atoms. The maximum atomic E-state index is 13.4. The number of carbonyl (C=O) groups is 2. The smallest absolute Gasteiger partial charge is 0.305 e. The Morgan fingerprint density at radius 3 is 2.63 bits per heavy atom. The summed E-state index contributed by atoms with van der Waals surface area (Å²) < 4.78 is 13.7. The summed E-state index contributed by atoms with van der Waals surface area (Å²) in [6.45, 7) is 0.163. The molecular formula is C13H13BrFNO3. The van der Waals surface area contributed by atoms with Crippen LogP contribution in [0.4, 0.5) is 4.39 Å². The van der Waals surface area contributed by atoms with Gasteiger partial charge in [0.05, 0.1) is 10.9 Å². The summed E-state index contributed by atoms with van der Waals surface area (Å²) in [5, 5.41) is 8.69. The number of benzene rings is 1. The number of carbonyl (C=O) groups excluding carboxylic acids is 1. The van der Waals surface area contributed by atoms with Gasteiger partial charge in [-0.3, -0.25) is 9.59 Å². The lowest BCUT2D eigenvalue weighted by Crippen LogP contribution is -2.35. The number of rotatable bonds is 5. The van der Waals surface area contributed by atoms with E-state index in [4.69, 9.17) is 5.11 Å². The van der Waals surface area contributed by atoms with Gasteiger partial charge in [-0.05, 0) is 47.0 Å². The van der Waals surface area contributed by atoms with Gasteiger partial charge in [0, 0.05) is 18.2 Å². The van der Waals surface area contributed by atoms with Gasteiger partial charge in [-0.25, -0.2) is 4.39 Å². The molecule has 1 aromatic rings. The third kappa shape index (κ3) is 3.53. The Hall–Kier alpha value is -1.43. The van der Waals surface area contributed by atoms with Crippen molar-refractivity contribution in [1.29, 1.82) is 0 Å². The molecule has 1 fully saturated rings. The van der Waals surface area contributed by atoms with Gasteiger partial charge in [-0.2, -0.15) is 0 Å². The fraction of sp³-hybridized carbons (Fsp3) is 0.385. The molecule has 1 N–H and O–H groups in total. The predicted molar refractivity (Wildman–Crippen MR) is 70.4 cm³/mol. The molecule has 0 bridgehead atoms. The molecule has 0 aromatic heterocycles. The molecule has 6 heteroatoms. The van der Waals surface area contributed by atoms with Gasteiger partial charge in [0.1, 0.15) is 5.82 Å². The highest BCUT2D eigenvalue weighted by molar-refractivity contribution is 9.10. The van der Waals surface area contributed by atoms with Crippen LogP contribution in [0.5, 0.6) is 0 Å². The monoisotopic (exact) mass is 329 g/mol. The molecule has 0 atom stereocenters. The van der Waals surface area contributed by atoms with Gasteiger partial charge in [0.15, 0.2) is 0 Å². The summed E-state index contributed by atoms with van der Waals surface area (Å²) in [6, 6.07) is 4.28. The highest BCUT2D eigenvalue weighted by atomic mass is 79.9. The Bertz CT molecular complexity index is 517. The first-order valence-electron chi connectivity index (χ1n) is 5.97. The van der Waals surface area contributed by atoms with Crippen LogP contribution in [0.2, 0.25) is 0 Å². The minimum Gasteiger partial charge on any atom is -0.481 e. The number of hydrogen-bond donors (Lipinski definition) is 1. The highest BCUT2D eigenvalue weighted by Crippen LogP contribution is 2.29. The number of aliphatic carboxylic acids is 1. The normalized spacial score (nSPS) is 14.2. The van der Waals surface area contributed by atoms with Crippen molar-refractivity contribution in [1.82, 2.24) is 4.90 Å². The standard InChI is InChI=1S/C13H13BrFNO3/c14-10-4-1-8(7-11(10)15)13(19)16(9-2-3-9)6-5-12(17)18/h1,4,7,9H,2-3,5-6H2,(H,17,18). The van der Waals surface area contributed by atoms with Gasteiger partial charge >= 0.3 is 5.97 Å². The van der Waals surface area contributed by atoms with E-state index in [0.29, 0.717) is 4.47 Å². The molecule has 1 aliphatic carbocycles. The van der Waals surface area contributed by atoms with Crippen LogP contribution in [-0.4, -0.2) is 34.5 Å². The van der Waals surface area contributed by atoms with E-state index < -0.39 is 11.8 Å². The number of amides is 1. The van der Waals surface area contributed by atoms with Gasteiger partial charge in [-0.15, -0.1) is 0 Å². The van der Waals surface area contributed by atoms with E-state index in [-0.39, 0.29) is 30.5 Å². The fourth-order valence-electron chi connectivity index (χ4n) is 1.85. The summed E-state index contributed by atoms with van der Waals surface area (Å²) in [4.78, 5) is 24.4.